The molecule has 0 unspecified atom stereocenters. The standard InChI is InChI=1S/C31H25OP/c32-31-23-26-13-11-10-12-25(22-26)20-21-27(31)24-33(28-14-4-1-5-15-28,29-16-6-2-7-17-29)30-18-8-3-9-19-30/h1-21,23-24H,22H2. The number of fused-ring (bicyclic) bond motifs is 2. The van der Waals surface area contributed by atoms with Crippen LogP contribution in [0.3, 0.4) is 0 Å². The van der Waals surface area contributed by atoms with Crippen molar-refractivity contribution >= 4 is 34.4 Å². The Morgan fingerprint density at radius 1 is 0.606 bits per heavy atom. The van der Waals surface area contributed by atoms with Crippen molar-refractivity contribution in [3.8, 4) is 0 Å². The molecule has 2 heteroatoms. The molecule has 0 fully saturated rings. The molecule has 1 nitrogen and oxygen atoms in total. The molecule has 0 amide bonds. The third-order valence-corrected chi connectivity index (χ3v) is 10.0. The zero-order valence-electron chi connectivity index (χ0n) is 18.3. The van der Waals surface area contributed by atoms with E-state index in [-0.39, 0.29) is 5.78 Å². The molecule has 160 valence electrons. The second-order valence-corrected chi connectivity index (χ2v) is 11.5. The van der Waals surface area contributed by atoms with Crippen molar-refractivity contribution in [2.45, 2.75) is 6.42 Å². The van der Waals surface area contributed by atoms with Gasteiger partial charge >= 0.3 is 0 Å². The third kappa shape index (κ3) is 4.33. The SMILES string of the molecule is O=C1C=C2C=CC=CC(=CC=C1C=P(c1ccccc1)(c1ccccc1)c1ccccc1)C2. The molecule has 0 saturated carbocycles. The van der Waals surface area contributed by atoms with Crippen LogP contribution >= 0.6 is 6.89 Å². The smallest absolute Gasteiger partial charge is 0.186 e. The largest absolute Gasteiger partial charge is 0.289 e. The summed E-state index contributed by atoms with van der Waals surface area (Å²) in [6.45, 7) is -2.24. The molecule has 0 radical (unpaired) electrons. The number of hydrogen-bond acceptors (Lipinski definition) is 1. The summed E-state index contributed by atoms with van der Waals surface area (Å²) in [6, 6.07) is 31.9. The van der Waals surface area contributed by atoms with Crippen LogP contribution in [0.1, 0.15) is 6.42 Å². The fraction of sp³-hybridized carbons (Fsp3) is 0.0323. The lowest BCUT2D eigenvalue weighted by atomic mass is 9.99. The van der Waals surface area contributed by atoms with E-state index in [1.165, 1.54) is 21.5 Å². The van der Waals surface area contributed by atoms with Gasteiger partial charge in [0.05, 0.1) is 0 Å². The van der Waals surface area contributed by atoms with Crippen LogP contribution in [-0.2, 0) is 4.79 Å². The van der Waals surface area contributed by atoms with Crippen LogP contribution in [0.25, 0.3) is 0 Å². The van der Waals surface area contributed by atoms with Crippen molar-refractivity contribution in [1.29, 1.82) is 0 Å². The first-order chi connectivity index (χ1) is 16.3. The van der Waals surface area contributed by atoms with Gasteiger partial charge in [-0.05, 0) is 52.2 Å². The maximum absolute atomic E-state index is 13.5. The molecule has 0 atom stereocenters. The summed E-state index contributed by atoms with van der Waals surface area (Å²) in [4.78, 5) is 13.5. The minimum absolute atomic E-state index is 0.0546. The Kier molecular flexibility index (Phi) is 6.07. The molecule has 33 heavy (non-hydrogen) atoms. The fourth-order valence-corrected chi connectivity index (χ4v) is 8.33. The minimum Gasteiger partial charge on any atom is -0.289 e. The molecule has 2 aliphatic carbocycles. The van der Waals surface area contributed by atoms with Gasteiger partial charge in [-0.3, -0.25) is 4.79 Å². The number of ketones is 1. The first kappa shape index (κ1) is 21.2. The molecule has 2 aliphatic rings. The zero-order chi connectivity index (χ0) is 22.5. The predicted molar refractivity (Wildman–Crippen MR) is 143 cm³/mol. The van der Waals surface area contributed by atoms with E-state index >= 15 is 0 Å². The highest BCUT2D eigenvalue weighted by atomic mass is 31.2. The topological polar surface area (TPSA) is 17.1 Å². The van der Waals surface area contributed by atoms with Crippen molar-refractivity contribution in [3.05, 3.63) is 150 Å². The molecule has 3 aromatic rings. The molecule has 0 heterocycles. The number of benzene rings is 3. The van der Waals surface area contributed by atoms with Gasteiger partial charge in [-0.2, -0.15) is 0 Å². The molecular weight excluding hydrogens is 419 g/mol. The van der Waals surface area contributed by atoms with E-state index in [9.17, 15) is 4.79 Å². The zero-order valence-corrected chi connectivity index (χ0v) is 19.2. The highest BCUT2D eigenvalue weighted by Crippen LogP contribution is 2.44. The molecule has 0 N–H and O–H groups in total. The van der Waals surface area contributed by atoms with Gasteiger partial charge in [0.25, 0.3) is 0 Å². The highest BCUT2D eigenvalue weighted by Gasteiger charge is 2.26. The summed E-state index contributed by atoms with van der Waals surface area (Å²) in [5.74, 6) is 2.31. The number of carbonyl (C=O) groups excluding carboxylic acids is 1. The van der Waals surface area contributed by atoms with Gasteiger partial charge in [0, 0.05) is 5.57 Å². The summed E-state index contributed by atoms with van der Waals surface area (Å²) >= 11 is 0. The summed E-state index contributed by atoms with van der Waals surface area (Å²) in [6.07, 6.45) is 14.9. The Labute approximate surface area is 195 Å². The van der Waals surface area contributed by atoms with Crippen LogP contribution in [0.2, 0.25) is 0 Å². The van der Waals surface area contributed by atoms with Crippen LogP contribution in [-0.4, -0.2) is 11.6 Å². The van der Waals surface area contributed by atoms with E-state index in [4.69, 9.17) is 0 Å². The Balaban J connectivity index is 1.85. The molecule has 3 aromatic carbocycles. The van der Waals surface area contributed by atoms with E-state index in [2.05, 4.69) is 90.7 Å². The summed E-state index contributed by atoms with van der Waals surface area (Å²) < 4.78 is 0. The van der Waals surface area contributed by atoms with Crippen molar-refractivity contribution in [2.24, 2.45) is 0 Å². The van der Waals surface area contributed by atoms with E-state index < -0.39 is 6.89 Å². The number of allylic oxidation sites excluding steroid dienone is 10. The van der Waals surface area contributed by atoms with Gasteiger partial charge in [0.2, 0.25) is 0 Å². The Bertz CT molecular complexity index is 1270. The lowest BCUT2D eigenvalue weighted by Crippen LogP contribution is -2.28. The molecule has 5 rings (SSSR count). The minimum atomic E-state index is -2.24. The molecular formula is C31H25OP. The number of rotatable bonds is 4. The lowest BCUT2D eigenvalue weighted by Gasteiger charge is -2.29. The molecule has 2 bridgehead atoms. The Morgan fingerprint density at radius 3 is 1.61 bits per heavy atom. The van der Waals surface area contributed by atoms with Crippen LogP contribution in [0.5, 0.6) is 0 Å². The lowest BCUT2D eigenvalue weighted by molar-refractivity contribution is -0.110. The number of hydrogen-bond donors (Lipinski definition) is 0. The van der Waals surface area contributed by atoms with Crippen LogP contribution in [0, 0.1) is 0 Å². The second-order valence-electron chi connectivity index (χ2n) is 8.20. The predicted octanol–water partition coefficient (Wildman–Crippen LogP) is 5.66. The Morgan fingerprint density at radius 2 is 1.09 bits per heavy atom. The summed E-state index contributed by atoms with van der Waals surface area (Å²) in [5.41, 5.74) is 2.98. The van der Waals surface area contributed by atoms with Gasteiger partial charge in [-0.15, -0.1) is 0 Å². The molecule has 0 spiro atoms. The average molecular weight is 445 g/mol. The van der Waals surface area contributed by atoms with Gasteiger partial charge in [0.15, 0.2) is 5.78 Å². The highest BCUT2D eigenvalue weighted by molar-refractivity contribution is 7.94. The molecule has 0 aliphatic heterocycles. The summed E-state index contributed by atoms with van der Waals surface area (Å²) in [7, 11) is 0. The maximum Gasteiger partial charge on any atom is 0.186 e. The monoisotopic (exact) mass is 444 g/mol. The van der Waals surface area contributed by atoms with Crippen molar-refractivity contribution in [3.63, 3.8) is 0 Å². The van der Waals surface area contributed by atoms with Crippen LogP contribution < -0.4 is 15.9 Å². The van der Waals surface area contributed by atoms with Crippen molar-refractivity contribution < 1.29 is 4.79 Å². The van der Waals surface area contributed by atoms with Gasteiger partial charge in [0.1, 0.15) is 0 Å². The Hall–Kier alpha value is -3.67. The fourth-order valence-electron chi connectivity index (χ4n) is 4.43. The first-order valence-electron chi connectivity index (χ1n) is 11.2. The van der Waals surface area contributed by atoms with E-state index in [1.54, 1.807) is 6.08 Å². The number of carbonyl (C=O) groups is 1. The van der Waals surface area contributed by atoms with E-state index in [1.807, 2.05) is 42.5 Å². The van der Waals surface area contributed by atoms with E-state index in [0.29, 0.717) is 0 Å². The van der Waals surface area contributed by atoms with Gasteiger partial charge in [-0.25, -0.2) is 0 Å². The van der Waals surface area contributed by atoms with Gasteiger partial charge < -0.3 is 0 Å². The second kappa shape index (κ2) is 9.45. The third-order valence-electron chi connectivity index (χ3n) is 6.04. The molecule has 0 aromatic heterocycles. The first-order valence-corrected chi connectivity index (χ1v) is 13.0. The molecule has 0 saturated heterocycles. The average Bonchev–Trinajstić information content (AvgIpc) is 3.11. The van der Waals surface area contributed by atoms with Crippen LogP contribution in [0.15, 0.2) is 150 Å². The van der Waals surface area contributed by atoms with Gasteiger partial charge in [-0.1, -0.05) is 127 Å². The maximum atomic E-state index is 13.5. The van der Waals surface area contributed by atoms with E-state index in [0.717, 1.165) is 17.6 Å². The summed E-state index contributed by atoms with van der Waals surface area (Å²) in [5, 5.41) is 3.70. The van der Waals surface area contributed by atoms with Crippen molar-refractivity contribution in [1.82, 2.24) is 0 Å². The van der Waals surface area contributed by atoms with Crippen molar-refractivity contribution in [2.75, 3.05) is 0 Å². The quantitative estimate of drug-likeness (QED) is 0.475. The normalized spacial score (nSPS) is 15.5. The van der Waals surface area contributed by atoms with Crippen LogP contribution in [0.4, 0.5) is 0 Å².